The molecule has 0 unspecified atom stereocenters. The van der Waals surface area contributed by atoms with E-state index in [4.69, 9.17) is 16.3 Å². The van der Waals surface area contributed by atoms with E-state index in [9.17, 15) is 9.59 Å². The first-order valence-electron chi connectivity index (χ1n) is 9.35. The highest BCUT2D eigenvalue weighted by atomic mass is 35.5. The van der Waals surface area contributed by atoms with E-state index in [1.807, 2.05) is 34.9 Å². The molecule has 30 heavy (non-hydrogen) atoms. The van der Waals surface area contributed by atoms with Crippen molar-refractivity contribution >= 4 is 40.9 Å². The molecule has 7 nitrogen and oxygen atoms in total. The summed E-state index contributed by atoms with van der Waals surface area (Å²) in [6, 6.07) is 16.8. The number of thioether (sulfide) groups is 1. The van der Waals surface area contributed by atoms with E-state index in [1.165, 1.54) is 11.8 Å². The number of hydrogen-bond donors (Lipinski definition) is 1. The van der Waals surface area contributed by atoms with Gasteiger partial charge in [0.25, 0.3) is 0 Å². The lowest BCUT2D eigenvalue weighted by Crippen LogP contribution is -2.16. The second-order valence-electron chi connectivity index (χ2n) is 6.27. The predicted molar refractivity (Wildman–Crippen MR) is 117 cm³/mol. The minimum Gasteiger partial charge on any atom is -0.466 e. The van der Waals surface area contributed by atoms with Crippen LogP contribution in [0, 0.1) is 0 Å². The van der Waals surface area contributed by atoms with E-state index < -0.39 is 0 Å². The number of hydrogen-bond acceptors (Lipinski definition) is 6. The minimum atomic E-state index is -0.368. The molecule has 0 fully saturated rings. The minimum absolute atomic E-state index is 0.0139. The Bertz CT molecular complexity index is 1010. The zero-order valence-electron chi connectivity index (χ0n) is 16.4. The van der Waals surface area contributed by atoms with Gasteiger partial charge in [0.2, 0.25) is 5.91 Å². The van der Waals surface area contributed by atoms with Gasteiger partial charge < -0.3 is 14.6 Å². The lowest BCUT2D eigenvalue weighted by Gasteiger charge is -2.11. The fourth-order valence-corrected chi connectivity index (χ4v) is 3.64. The van der Waals surface area contributed by atoms with E-state index in [0.29, 0.717) is 34.8 Å². The average molecular weight is 445 g/mol. The number of amides is 1. The molecular formula is C21H21ClN4O3S. The number of nitrogens with zero attached hydrogens (tertiary/aromatic N) is 3. The third-order valence-corrected chi connectivity index (χ3v) is 5.36. The molecule has 1 aromatic heterocycles. The molecule has 0 radical (unpaired) electrons. The van der Waals surface area contributed by atoms with Crippen LogP contribution in [0.25, 0.3) is 0 Å². The number of nitrogens with one attached hydrogen (secondary N) is 1. The number of carbonyl (C=O) groups is 2. The SMILES string of the molecule is CCOC(=O)Cc1nnc(SCC(=O)Nc2ccccc2Cl)n1Cc1ccccc1. The van der Waals surface area contributed by atoms with Crippen molar-refractivity contribution < 1.29 is 14.3 Å². The molecule has 1 N–H and O–H groups in total. The first-order valence-corrected chi connectivity index (χ1v) is 10.7. The van der Waals surface area contributed by atoms with E-state index in [1.54, 1.807) is 31.2 Å². The monoisotopic (exact) mass is 444 g/mol. The Labute approximate surface area is 183 Å². The summed E-state index contributed by atoms with van der Waals surface area (Å²) < 4.78 is 6.87. The van der Waals surface area contributed by atoms with Crippen molar-refractivity contribution in [1.29, 1.82) is 0 Å². The van der Waals surface area contributed by atoms with Crippen LogP contribution >= 0.6 is 23.4 Å². The van der Waals surface area contributed by atoms with Crippen molar-refractivity contribution in [2.45, 2.75) is 25.0 Å². The fraction of sp³-hybridized carbons (Fsp3) is 0.238. The number of ether oxygens (including phenoxy) is 1. The number of para-hydroxylation sites is 1. The van der Waals surface area contributed by atoms with Crippen LogP contribution in [0.3, 0.4) is 0 Å². The zero-order chi connectivity index (χ0) is 21.3. The number of anilines is 1. The molecule has 3 rings (SSSR count). The van der Waals surface area contributed by atoms with Gasteiger partial charge in [-0.1, -0.05) is 65.8 Å². The van der Waals surface area contributed by atoms with Crippen LogP contribution in [0.2, 0.25) is 5.02 Å². The number of carbonyl (C=O) groups excluding carboxylic acids is 2. The second kappa shape index (κ2) is 10.8. The molecule has 1 heterocycles. The van der Waals surface area contributed by atoms with Crippen molar-refractivity contribution in [2.24, 2.45) is 0 Å². The topological polar surface area (TPSA) is 86.1 Å². The van der Waals surface area contributed by atoms with Crippen LogP contribution in [0.15, 0.2) is 59.8 Å². The maximum Gasteiger partial charge on any atom is 0.313 e. The van der Waals surface area contributed by atoms with Crippen LogP contribution in [0.1, 0.15) is 18.3 Å². The summed E-state index contributed by atoms with van der Waals surface area (Å²) in [7, 11) is 0. The second-order valence-corrected chi connectivity index (χ2v) is 7.62. The van der Waals surface area contributed by atoms with Gasteiger partial charge in [0, 0.05) is 0 Å². The largest absolute Gasteiger partial charge is 0.466 e. The Morgan fingerprint density at radius 3 is 2.57 bits per heavy atom. The molecule has 0 atom stereocenters. The smallest absolute Gasteiger partial charge is 0.313 e. The van der Waals surface area contributed by atoms with E-state index in [-0.39, 0.29) is 24.1 Å². The van der Waals surface area contributed by atoms with Crippen molar-refractivity contribution in [3.8, 4) is 0 Å². The molecule has 0 aliphatic heterocycles. The Balaban J connectivity index is 1.72. The molecular weight excluding hydrogens is 424 g/mol. The number of rotatable bonds is 9. The third-order valence-electron chi connectivity index (χ3n) is 4.07. The van der Waals surface area contributed by atoms with Crippen molar-refractivity contribution in [3.05, 3.63) is 71.0 Å². The molecule has 0 aliphatic carbocycles. The Morgan fingerprint density at radius 2 is 1.83 bits per heavy atom. The van der Waals surface area contributed by atoms with Crippen LogP contribution in [-0.2, 0) is 27.3 Å². The van der Waals surface area contributed by atoms with Crippen LogP contribution in [0.5, 0.6) is 0 Å². The summed E-state index contributed by atoms with van der Waals surface area (Å²) in [5.41, 5.74) is 1.59. The molecule has 0 saturated carbocycles. The summed E-state index contributed by atoms with van der Waals surface area (Å²) >= 11 is 7.33. The molecule has 0 saturated heterocycles. The first-order chi connectivity index (χ1) is 14.6. The van der Waals surface area contributed by atoms with Gasteiger partial charge >= 0.3 is 5.97 Å². The standard InChI is InChI=1S/C21H21ClN4O3S/c1-2-29-20(28)12-18-24-25-21(26(18)13-15-8-4-3-5-9-15)30-14-19(27)23-17-11-7-6-10-16(17)22/h3-11H,2,12-14H2,1H3,(H,23,27). The number of esters is 1. The Hall–Kier alpha value is -2.84. The predicted octanol–water partition coefficient (Wildman–Crippen LogP) is 3.82. The summed E-state index contributed by atoms with van der Waals surface area (Å²) in [4.78, 5) is 24.3. The van der Waals surface area contributed by atoms with Crippen molar-refractivity contribution in [1.82, 2.24) is 14.8 Å². The fourth-order valence-electron chi connectivity index (χ4n) is 2.70. The van der Waals surface area contributed by atoms with E-state index >= 15 is 0 Å². The molecule has 1 amide bonds. The molecule has 156 valence electrons. The van der Waals surface area contributed by atoms with Gasteiger partial charge in [0.15, 0.2) is 5.16 Å². The molecule has 0 bridgehead atoms. The normalized spacial score (nSPS) is 10.6. The lowest BCUT2D eigenvalue weighted by atomic mass is 10.2. The molecule has 0 aliphatic rings. The molecule has 0 spiro atoms. The van der Waals surface area contributed by atoms with Gasteiger partial charge in [-0.15, -0.1) is 10.2 Å². The maximum absolute atomic E-state index is 12.4. The van der Waals surface area contributed by atoms with E-state index in [0.717, 1.165) is 5.56 Å². The van der Waals surface area contributed by atoms with Gasteiger partial charge in [0.05, 0.1) is 29.6 Å². The third kappa shape index (κ3) is 6.08. The van der Waals surface area contributed by atoms with Crippen LogP contribution < -0.4 is 5.32 Å². The molecule has 3 aromatic rings. The van der Waals surface area contributed by atoms with Crippen molar-refractivity contribution in [2.75, 3.05) is 17.7 Å². The highest BCUT2D eigenvalue weighted by Crippen LogP contribution is 2.23. The summed E-state index contributed by atoms with van der Waals surface area (Å²) in [5.74, 6) is 0.0326. The number of benzene rings is 2. The van der Waals surface area contributed by atoms with Gasteiger partial charge in [-0.3, -0.25) is 9.59 Å². The lowest BCUT2D eigenvalue weighted by molar-refractivity contribution is -0.142. The van der Waals surface area contributed by atoms with Gasteiger partial charge in [-0.05, 0) is 24.6 Å². The van der Waals surface area contributed by atoms with E-state index in [2.05, 4.69) is 15.5 Å². The maximum atomic E-state index is 12.4. The highest BCUT2D eigenvalue weighted by molar-refractivity contribution is 7.99. The summed E-state index contributed by atoms with van der Waals surface area (Å²) in [6.45, 7) is 2.54. The number of halogens is 1. The number of aromatic nitrogens is 3. The summed E-state index contributed by atoms with van der Waals surface area (Å²) in [6.07, 6.45) is 0.0139. The van der Waals surface area contributed by atoms with Crippen LogP contribution in [0.4, 0.5) is 5.69 Å². The van der Waals surface area contributed by atoms with Crippen molar-refractivity contribution in [3.63, 3.8) is 0 Å². The zero-order valence-corrected chi connectivity index (χ0v) is 17.9. The van der Waals surface area contributed by atoms with Gasteiger partial charge in [-0.2, -0.15) is 0 Å². The highest BCUT2D eigenvalue weighted by Gasteiger charge is 2.18. The Morgan fingerprint density at radius 1 is 1.10 bits per heavy atom. The molecule has 2 aromatic carbocycles. The van der Waals surface area contributed by atoms with Gasteiger partial charge in [-0.25, -0.2) is 0 Å². The molecule has 9 heteroatoms. The summed E-state index contributed by atoms with van der Waals surface area (Å²) in [5, 5.41) is 12.1. The average Bonchev–Trinajstić information content (AvgIpc) is 3.10. The quantitative estimate of drug-likeness (QED) is 0.399. The first kappa shape index (κ1) is 21.9. The van der Waals surface area contributed by atoms with Crippen LogP contribution in [-0.4, -0.2) is 39.0 Å². The Kier molecular flexibility index (Phi) is 7.87. The van der Waals surface area contributed by atoms with Gasteiger partial charge in [0.1, 0.15) is 12.2 Å².